The molecule has 0 unspecified atom stereocenters. The lowest BCUT2D eigenvalue weighted by molar-refractivity contribution is 0.509. The fourth-order valence-corrected chi connectivity index (χ4v) is 1.53. The zero-order valence-electron chi connectivity index (χ0n) is 9.86. The Morgan fingerprint density at radius 1 is 1.50 bits per heavy atom. The first kappa shape index (κ1) is 12.2. The van der Waals surface area contributed by atoms with E-state index in [2.05, 4.69) is 36.1 Å². The lowest BCUT2D eigenvalue weighted by atomic mass is 10.0. The lowest BCUT2D eigenvalue weighted by Crippen LogP contribution is -2.26. The molecule has 0 bridgehead atoms. The van der Waals surface area contributed by atoms with E-state index in [1.807, 2.05) is 6.07 Å². The quantitative estimate of drug-likeness (QED) is 0.805. The summed E-state index contributed by atoms with van der Waals surface area (Å²) in [6.45, 7) is 6.34. The van der Waals surface area contributed by atoms with E-state index >= 15 is 0 Å². The van der Waals surface area contributed by atoms with Crippen LogP contribution >= 0.6 is 0 Å². The summed E-state index contributed by atoms with van der Waals surface area (Å²) in [4.78, 5) is 7.85. The number of hydrogen-bond acceptors (Lipinski definition) is 5. The Morgan fingerprint density at radius 3 is 2.69 bits per heavy atom. The van der Waals surface area contributed by atoms with Gasteiger partial charge in [0.2, 0.25) is 0 Å². The van der Waals surface area contributed by atoms with E-state index < -0.39 is 0 Å². The zero-order valence-corrected chi connectivity index (χ0v) is 9.86. The van der Waals surface area contributed by atoms with Crippen molar-refractivity contribution >= 4 is 11.6 Å². The predicted molar refractivity (Wildman–Crippen MR) is 63.7 cm³/mol. The monoisotopic (exact) mass is 219 g/mol. The minimum Gasteiger partial charge on any atom is -0.382 e. The average molecular weight is 219 g/mol. The van der Waals surface area contributed by atoms with E-state index in [9.17, 15) is 0 Å². The molecule has 5 nitrogen and oxygen atoms in total. The molecule has 1 aromatic rings. The minimum absolute atomic E-state index is 0.221. The number of hydrogen-bond donors (Lipinski definition) is 2. The van der Waals surface area contributed by atoms with Crippen LogP contribution in [-0.4, -0.2) is 16.0 Å². The normalized spacial score (nSPS) is 12.2. The van der Waals surface area contributed by atoms with Gasteiger partial charge in [-0.25, -0.2) is 9.97 Å². The van der Waals surface area contributed by atoms with E-state index in [4.69, 9.17) is 11.0 Å². The molecule has 5 heteroatoms. The maximum absolute atomic E-state index is 8.97. The average Bonchev–Trinajstić information content (AvgIpc) is 2.25. The van der Waals surface area contributed by atoms with Crippen molar-refractivity contribution in [3.63, 3.8) is 0 Å². The molecule has 86 valence electrons. The summed E-state index contributed by atoms with van der Waals surface area (Å²) in [6.07, 6.45) is 2.33. The highest BCUT2D eigenvalue weighted by Gasteiger charge is 2.15. The summed E-state index contributed by atoms with van der Waals surface area (Å²) in [5.74, 6) is 1.21. The van der Waals surface area contributed by atoms with Crippen molar-refractivity contribution in [3.05, 3.63) is 11.9 Å². The molecule has 0 saturated heterocycles. The van der Waals surface area contributed by atoms with Gasteiger partial charge in [0.1, 0.15) is 29.6 Å². The van der Waals surface area contributed by atoms with E-state index in [0.29, 0.717) is 17.3 Å². The molecule has 1 atom stereocenters. The molecule has 0 spiro atoms. The molecule has 0 aliphatic rings. The van der Waals surface area contributed by atoms with Gasteiger partial charge in [-0.05, 0) is 12.3 Å². The molecular formula is C11H17N5. The highest BCUT2D eigenvalue weighted by molar-refractivity contribution is 5.62. The maximum atomic E-state index is 8.97. The fourth-order valence-electron chi connectivity index (χ4n) is 1.53. The van der Waals surface area contributed by atoms with Crippen molar-refractivity contribution in [2.45, 2.75) is 33.2 Å². The Bertz CT molecular complexity index is 394. The van der Waals surface area contributed by atoms with Gasteiger partial charge >= 0.3 is 0 Å². The summed E-state index contributed by atoms with van der Waals surface area (Å²) in [7, 11) is 0. The van der Waals surface area contributed by atoms with Crippen LogP contribution in [0.2, 0.25) is 0 Å². The number of anilines is 2. The summed E-state index contributed by atoms with van der Waals surface area (Å²) >= 11 is 0. The van der Waals surface area contributed by atoms with Crippen LogP contribution in [0.4, 0.5) is 11.6 Å². The molecule has 0 saturated carbocycles. The van der Waals surface area contributed by atoms with Gasteiger partial charge in [-0.1, -0.05) is 20.8 Å². The molecule has 1 heterocycles. The fraction of sp³-hybridized carbons (Fsp3) is 0.545. The first-order chi connectivity index (χ1) is 7.60. The van der Waals surface area contributed by atoms with Crippen LogP contribution in [-0.2, 0) is 0 Å². The molecule has 0 aromatic carbocycles. The standard InChI is InChI=1S/C11H17N5/c1-4-9(7(2)3)16-11-8(5-12)10(13)14-6-15-11/h6-7,9H,4H2,1-3H3,(H3,13,14,15,16)/t9-/m1/s1. The molecule has 0 fully saturated rings. The van der Waals surface area contributed by atoms with Crippen molar-refractivity contribution in [2.24, 2.45) is 5.92 Å². The zero-order chi connectivity index (χ0) is 12.1. The SMILES string of the molecule is CC[C@@H](Nc1ncnc(N)c1C#N)C(C)C. The molecular weight excluding hydrogens is 202 g/mol. The molecule has 3 N–H and O–H groups in total. The second kappa shape index (κ2) is 5.31. The van der Waals surface area contributed by atoms with Crippen molar-refractivity contribution < 1.29 is 0 Å². The highest BCUT2D eigenvalue weighted by atomic mass is 15.1. The van der Waals surface area contributed by atoms with Gasteiger partial charge in [-0.3, -0.25) is 0 Å². The molecule has 0 radical (unpaired) electrons. The van der Waals surface area contributed by atoms with E-state index in [1.165, 1.54) is 6.33 Å². The Hall–Kier alpha value is -1.83. The van der Waals surface area contributed by atoms with Gasteiger partial charge in [0.25, 0.3) is 0 Å². The molecule has 0 aliphatic heterocycles. The van der Waals surface area contributed by atoms with Crippen LogP contribution in [0.1, 0.15) is 32.8 Å². The Morgan fingerprint density at radius 2 is 2.19 bits per heavy atom. The number of aromatic nitrogens is 2. The van der Waals surface area contributed by atoms with Crippen molar-refractivity contribution in [1.29, 1.82) is 5.26 Å². The van der Waals surface area contributed by atoms with Crippen LogP contribution < -0.4 is 11.1 Å². The van der Waals surface area contributed by atoms with E-state index in [0.717, 1.165) is 6.42 Å². The molecule has 0 aliphatic carbocycles. The lowest BCUT2D eigenvalue weighted by Gasteiger charge is -2.21. The van der Waals surface area contributed by atoms with Gasteiger partial charge < -0.3 is 11.1 Å². The van der Waals surface area contributed by atoms with Crippen molar-refractivity contribution in [3.8, 4) is 6.07 Å². The maximum Gasteiger partial charge on any atom is 0.149 e. The van der Waals surface area contributed by atoms with Crippen LogP contribution in [0.3, 0.4) is 0 Å². The summed E-state index contributed by atoms with van der Waals surface area (Å²) < 4.78 is 0. The number of nitrogens with two attached hydrogens (primary N) is 1. The van der Waals surface area contributed by atoms with Crippen LogP contribution in [0.5, 0.6) is 0 Å². The second-order valence-corrected chi connectivity index (χ2v) is 4.00. The van der Waals surface area contributed by atoms with Crippen molar-refractivity contribution in [1.82, 2.24) is 9.97 Å². The predicted octanol–water partition coefficient (Wildman–Crippen LogP) is 1.78. The Balaban J connectivity index is 2.97. The smallest absolute Gasteiger partial charge is 0.149 e. The third-order valence-electron chi connectivity index (χ3n) is 2.56. The molecule has 0 amide bonds. The second-order valence-electron chi connectivity index (χ2n) is 4.00. The van der Waals surface area contributed by atoms with Crippen LogP contribution in [0.25, 0.3) is 0 Å². The summed E-state index contributed by atoms with van der Waals surface area (Å²) in [6, 6.07) is 2.30. The molecule has 1 rings (SSSR count). The largest absolute Gasteiger partial charge is 0.382 e. The van der Waals surface area contributed by atoms with Gasteiger partial charge in [0.15, 0.2) is 0 Å². The topological polar surface area (TPSA) is 87.6 Å². The van der Waals surface area contributed by atoms with E-state index in [1.54, 1.807) is 0 Å². The van der Waals surface area contributed by atoms with Gasteiger partial charge in [0.05, 0.1) is 0 Å². The van der Waals surface area contributed by atoms with Gasteiger partial charge in [-0.2, -0.15) is 5.26 Å². The van der Waals surface area contributed by atoms with Crippen molar-refractivity contribution in [2.75, 3.05) is 11.1 Å². The number of nitrogen functional groups attached to an aromatic ring is 1. The number of rotatable bonds is 4. The number of nitrogens with one attached hydrogen (secondary N) is 1. The third kappa shape index (κ3) is 2.60. The number of nitriles is 1. The van der Waals surface area contributed by atoms with E-state index in [-0.39, 0.29) is 11.9 Å². The molecule has 16 heavy (non-hydrogen) atoms. The first-order valence-electron chi connectivity index (χ1n) is 5.37. The highest BCUT2D eigenvalue weighted by Crippen LogP contribution is 2.19. The summed E-state index contributed by atoms with van der Waals surface area (Å²) in [5.41, 5.74) is 5.93. The van der Waals surface area contributed by atoms with Crippen LogP contribution in [0.15, 0.2) is 6.33 Å². The Labute approximate surface area is 95.7 Å². The first-order valence-corrected chi connectivity index (χ1v) is 5.37. The third-order valence-corrected chi connectivity index (χ3v) is 2.56. The minimum atomic E-state index is 0.221. The van der Waals surface area contributed by atoms with Gasteiger partial charge in [-0.15, -0.1) is 0 Å². The summed E-state index contributed by atoms with van der Waals surface area (Å²) in [5, 5.41) is 12.2. The number of nitrogens with zero attached hydrogens (tertiary/aromatic N) is 3. The Kier molecular flexibility index (Phi) is 4.06. The van der Waals surface area contributed by atoms with Gasteiger partial charge in [0, 0.05) is 6.04 Å². The van der Waals surface area contributed by atoms with Crippen LogP contribution in [0, 0.1) is 17.2 Å². The molecule has 1 aromatic heterocycles.